The van der Waals surface area contributed by atoms with Crippen molar-refractivity contribution in [2.45, 2.75) is 32.1 Å². The fraction of sp³-hybridized carbons (Fsp3) is 0.700. The molecule has 1 saturated heterocycles. The van der Waals surface area contributed by atoms with Crippen molar-refractivity contribution >= 4 is 5.97 Å². The number of carbonyl (C=O) groups is 1. The van der Waals surface area contributed by atoms with Crippen LogP contribution in [0.4, 0.5) is 0 Å². The van der Waals surface area contributed by atoms with Gasteiger partial charge < -0.3 is 4.74 Å². The molecule has 2 rings (SSSR count). The van der Waals surface area contributed by atoms with Gasteiger partial charge in [0.05, 0.1) is 13.0 Å². The van der Waals surface area contributed by atoms with E-state index in [0.717, 1.165) is 0 Å². The van der Waals surface area contributed by atoms with Crippen LogP contribution < -0.4 is 0 Å². The summed E-state index contributed by atoms with van der Waals surface area (Å²) in [6, 6.07) is 0. The van der Waals surface area contributed by atoms with E-state index >= 15 is 0 Å². The Morgan fingerprint density at radius 1 is 1.42 bits per heavy atom. The van der Waals surface area contributed by atoms with Gasteiger partial charge in [-0.2, -0.15) is 0 Å². The first-order chi connectivity index (χ1) is 5.86. The van der Waals surface area contributed by atoms with Crippen LogP contribution in [0.5, 0.6) is 0 Å². The largest absolute Gasteiger partial charge is 0.465 e. The third kappa shape index (κ3) is 1.52. The van der Waals surface area contributed by atoms with Gasteiger partial charge in [-0.25, -0.2) is 0 Å². The first kappa shape index (κ1) is 7.84. The zero-order valence-electron chi connectivity index (χ0n) is 7.21. The van der Waals surface area contributed by atoms with Crippen LogP contribution >= 0.6 is 0 Å². The molecule has 0 aromatic heterocycles. The van der Waals surface area contributed by atoms with E-state index in [-0.39, 0.29) is 5.97 Å². The fourth-order valence-corrected chi connectivity index (χ4v) is 1.98. The number of hydrogen-bond acceptors (Lipinski definition) is 2. The highest BCUT2D eigenvalue weighted by atomic mass is 16.5. The molecule has 1 atom stereocenters. The molecule has 0 aromatic rings. The number of cyclic esters (lactones) is 1. The fourth-order valence-electron chi connectivity index (χ4n) is 1.98. The lowest BCUT2D eigenvalue weighted by atomic mass is 9.89. The molecule has 1 fully saturated rings. The molecule has 2 nitrogen and oxygen atoms in total. The summed E-state index contributed by atoms with van der Waals surface area (Å²) in [6.45, 7) is 0.630. The van der Waals surface area contributed by atoms with Crippen LogP contribution in [-0.2, 0) is 9.53 Å². The smallest absolute Gasteiger partial charge is 0.306 e. The van der Waals surface area contributed by atoms with Crippen molar-refractivity contribution in [3.05, 3.63) is 11.6 Å². The van der Waals surface area contributed by atoms with Gasteiger partial charge in [0.2, 0.25) is 0 Å². The molecule has 0 N–H and O–H groups in total. The number of ether oxygens (including phenoxy) is 1. The molecule has 0 radical (unpaired) electrons. The molecular formula is C10H14O2. The van der Waals surface area contributed by atoms with Crippen molar-refractivity contribution < 1.29 is 9.53 Å². The van der Waals surface area contributed by atoms with Crippen LogP contribution in [0.3, 0.4) is 0 Å². The molecule has 1 heterocycles. The summed E-state index contributed by atoms with van der Waals surface area (Å²) >= 11 is 0. The van der Waals surface area contributed by atoms with Crippen LogP contribution in [0, 0.1) is 5.92 Å². The van der Waals surface area contributed by atoms with E-state index in [2.05, 4.69) is 6.08 Å². The molecule has 12 heavy (non-hydrogen) atoms. The maximum absolute atomic E-state index is 10.8. The molecule has 1 aliphatic carbocycles. The number of esters is 1. The molecule has 0 spiro atoms. The minimum atomic E-state index is -0.0218. The summed E-state index contributed by atoms with van der Waals surface area (Å²) < 4.78 is 4.94. The highest BCUT2D eigenvalue weighted by Gasteiger charge is 2.26. The third-order valence-electron chi connectivity index (χ3n) is 2.71. The van der Waals surface area contributed by atoms with Gasteiger partial charge in [0.1, 0.15) is 0 Å². The lowest BCUT2D eigenvalue weighted by molar-refractivity contribution is -0.137. The highest BCUT2D eigenvalue weighted by Crippen LogP contribution is 2.29. The van der Waals surface area contributed by atoms with E-state index in [1.165, 1.54) is 31.3 Å². The van der Waals surface area contributed by atoms with Crippen molar-refractivity contribution in [1.29, 1.82) is 0 Å². The lowest BCUT2D eigenvalue weighted by Crippen LogP contribution is -2.06. The molecule has 0 saturated carbocycles. The second-order valence-electron chi connectivity index (χ2n) is 3.61. The molecule has 0 bridgehead atoms. The minimum absolute atomic E-state index is 0.0218. The van der Waals surface area contributed by atoms with Crippen molar-refractivity contribution in [3.63, 3.8) is 0 Å². The molecule has 1 unspecified atom stereocenters. The monoisotopic (exact) mass is 166 g/mol. The lowest BCUT2D eigenvalue weighted by Gasteiger charge is -2.16. The van der Waals surface area contributed by atoms with E-state index < -0.39 is 0 Å². The first-order valence-corrected chi connectivity index (χ1v) is 4.71. The van der Waals surface area contributed by atoms with Gasteiger partial charge in [-0.3, -0.25) is 4.79 Å². The van der Waals surface area contributed by atoms with E-state index in [1.54, 1.807) is 0 Å². The topological polar surface area (TPSA) is 26.3 Å². The van der Waals surface area contributed by atoms with Crippen LogP contribution in [0.2, 0.25) is 0 Å². The number of hydrogen-bond donors (Lipinski definition) is 0. The second-order valence-corrected chi connectivity index (χ2v) is 3.61. The van der Waals surface area contributed by atoms with Crippen molar-refractivity contribution in [2.24, 2.45) is 5.92 Å². The summed E-state index contributed by atoms with van der Waals surface area (Å²) in [5, 5.41) is 0. The standard InChI is InChI=1S/C10H14O2/c11-10-6-9(7-12-10)8-4-2-1-3-5-8/h4,9H,1-3,5-7H2. The van der Waals surface area contributed by atoms with Crippen molar-refractivity contribution in [1.82, 2.24) is 0 Å². The molecular weight excluding hydrogens is 152 g/mol. The SMILES string of the molecule is O=C1CC(C2=CCCCC2)CO1. The predicted octanol–water partition coefficient (Wildman–Crippen LogP) is 2.05. The zero-order chi connectivity index (χ0) is 8.39. The predicted molar refractivity (Wildman–Crippen MR) is 45.6 cm³/mol. The summed E-state index contributed by atoms with van der Waals surface area (Å²) in [5.41, 5.74) is 1.46. The third-order valence-corrected chi connectivity index (χ3v) is 2.71. The normalized spacial score (nSPS) is 29.8. The van der Waals surface area contributed by atoms with Gasteiger partial charge in [0.15, 0.2) is 0 Å². The molecule has 1 aliphatic heterocycles. The molecule has 2 heteroatoms. The van der Waals surface area contributed by atoms with Crippen LogP contribution in [-0.4, -0.2) is 12.6 Å². The maximum atomic E-state index is 10.8. The van der Waals surface area contributed by atoms with Crippen molar-refractivity contribution in [3.8, 4) is 0 Å². The Bertz CT molecular complexity index is 218. The first-order valence-electron chi connectivity index (χ1n) is 4.71. The van der Waals surface area contributed by atoms with E-state index in [1.807, 2.05) is 0 Å². The van der Waals surface area contributed by atoms with Crippen molar-refractivity contribution in [2.75, 3.05) is 6.61 Å². The van der Waals surface area contributed by atoms with Crippen LogP contribution in [0.25, 0.3) is 0 Å². The molecule has 66 valence electrons. The summed E-state index contributed by atoms with van der Waals surface area (Å²) in [7, 11) is 0. The van der Waals surface area contributed by atoms with Gasteiger partial charge in [-0.15, -0.1) is 0 Å². The molecule has 2 aliphatic rings. The van der Waals surface area contributed by atoms with Gasteiger partial charge in [-0.05, 0) is 25.7 Å². The van der Waals surface area contributed by atoms with E-state index in [9.17, 15) is 4.79 Å². The summed E-state index contributed by atoms with van der Waals surface area (Å²) in [4.78, 5) is 10.8. The Hall–Kier alpha value is -0.790. The second kappa shape index (κ2) is 3.30. The Balaban J connectivity index is 1.99. The quantitative estimate of drug-likeness (QED) is 0.440. The highest BCUT2D eigenvalue weighted by molar-refractivity contribution is 5.72. The number of rotatable bonds is 1. The molecule has 0 aromatic carbocycles. The van der Waals surface area contributed by atoms with E-state index in [4.69, 9.17) is 4.74 Å². The Morgan fingerprint density at radius 3 is 2.92 bits per heavy atom. The summed E-state index contributed by atoms with van der Waals surface area (Å²) in [6.07, 6.45) is 7.89. The molecule has 0 amide bonds. The average Bonchev–Trinajstić information content (AvgIpc) is 2.54. The van der Waals surface area contributed by atoms with Crippen LogP contribution in [0.1, 0.15) is 32.1 Å². The zero-order valence-corrected chi connectivity index (χ0v) is 7.21. The number of allylic oxidation sites excluding steroid dienone is 1. The Labute approximate surface area is 72.6 Å². The van der Waals surface area contributed by atoms with Gasteiger partial charge in [0, 0.05) is 5.92 Å². The van der Waals surface area contributed by atoms with Gasteiger partial charge in [0.25, 0.3) is 0 Å². The van der Waals surface area contributed by atoms with E-state index in [0.29, 0.717) is 18.9 Å². The Morgan fingerprint density at radius 2 is 2.33 bits per heavy atom. The summed E-state index contributed by atoms with van der Waals surface area (Å²) in [5.74, 6) is 0.393. The maximum Gasteiger partial charge on any atom is 0.306 e. The minimum Gasteiger partial charge on any atom is -0.465 e. The Kier molecular flexibility index (Phi) is 2.15. The number of carbonyl (C=O) groups excluding carboxylic acids is 1. The van der Waals surface area contributed by atoms with Gasteiger partial charge >= 0.3 is 5.97 Å². The average molecular weight is 166 g/mol. The van der Waals surface area contributed by atoms with Gasteiger partial charge in [-0.1, -0.05) is 11.6 Å². The van der Waals surface area contributed by atoms with Crippen LogP contribution in [0.15, 0.2) is 11.6 Å².